The Balaban J connectivity index is 2.39. The van der Waals surface area contributed by atoms with Crippen LogP contribution in [0.15, 0.2) is 23.8 Å². The van der Waals surface area contributed by atoms with Crippen LogP contribution in [0.25, 0.3) is 0 Å². The van der Waals surface area contributed by atoms with E-state index in [-0.39, 0.29) is 23.7 Å². The third-order valence-electron chi connectivity index (χ3n) is 2.40. The first-order valence-electron chi connectivity index (χ1n) is 4.18. The number of hydrogen-bond donors (Lipinski definition) is 2. The molecule has 1 aliphatic heterocycles. The van der Waals surface area contributed by atoms with E-state index in [4.69, 9.17) is 0 Å². The highest BCUT2D eigenvalue weighted by molar-refractivity contribution is 6.04. The summed E-state index contributed by atoms with van der Waals surface area (Å²) in [5.41, 5.74) is 5.21. The summed E-state index contributed by atoms with van der Waals surface area (Å²) in [5, 5.41) is 0. The van der Waals surface area contributed by atoms with E-state index < -0.39 is 0 Å². The van der Waals surface area contributed by atoms with Gasteiger partial charge in [0.1, 0.15) is 0 Å². The summed E-state index contributed by atoms with van der Waals surface area (Å²) in [4.78, 5) is 22.7. The molecule has 0 aromatic heterocycles. The molecule has 1 saturated heterocycles. The van der Waals surface area contributed by atoms with Gasteiger partial charge in [0, 0.05) is 5.57 Å². The first-order valence-corrected chi connectivity index (χ1v) is 4.18. The van der Waals surface area contributed by atoms with Gasteiger partial charge in [0.15, 0.2) is 0 Å². The van der Waals surface area contributed by atoms with Crippen molar-refractivity contribution < 1.29 is 9.59 Å². The molecule has 2 aliphatic rings. The van der Waals surface area contributed by atoms with E-state index in [1.807, 2.05) is 19.1 Å². The van der Waals surface area contributed by atoms with Crippen LogP contribution in [0.3, 0.4) is 0 Å². The van der Waals surface area contributed by atoms with Crippen molar-refractivity contribution in [3.8, 4) is 0 Å². The van der Waals surface area contributed by atoms with Crippen molar-refractivity contribution in [1.29, 1.82) is 0 Å². The zero-order chi connectivity index (χ0) is 9.42. The van der Waals surface area contributed by atoms with Crippen LogP contribution in [0.1, 0.15) is 6.92 Å². The molecule has 2 amide bonds. The van der Waals surface area contributed by atoms with E-state index in [9.17, 15) is 9.59 Å². The molecule has 1 fully saturated rings. The standard InChI is InChI=1S/C9H10N2O2/c1-5-3-2-4-6-7(5)9(13)11-10-8(6)12/h2-5,7H,1H3,(H,10,12)(H,11,13). The van der Waals surface area contributed by atoms with E-state index in [0.717, 1.165) is 0 Å². The smallest absolute Gasteiger partial charge is 0.266 e. The Morgan fingerprint density at radius 3 is 2.77 bits per heavy atom. The van der Waals surface area contributed by atoms with Gasteiger partial charge in [-0.05, 0) is 5.92 Å². The first kappa shape index (κ1) is 8.04. The van der Waals surface area contributed by atoms with Gasteiger partial charge in [-0.15, -0.1) is 0 Å². The number of hydrazine groups is 1. The fourth-order valence-corrected chi connectivity index (χ4v) is 1.70. The Bertz CT molecular complexity index is 331. The molecule has 2 atom stereocenters. The van der Waals surface area contributed by atoms with Crippen molar-refractivity contribution in [1.82, 2.24) is 10.9 Å². The van der Waals surface area contributed by atoms with Gasteiger partial charge >= 0.3 is 0 Å². The summed E-state index contributed by atoms with van der Waals surface area (Å²) in [7, 11) is 0. The van der Waals surface area contributed by atoms with Gasteiger partial charge in [-0.1, -0.05) is 25.2 Å². The molecule has 4 nitrogen and oxygen atoms in total. The molecule has 0 saturated carbocycles. The van der Waals surface area contributed by atoms with Crippen LogP contribution in [-0.2, 0) is 9.59 Å². The Kier molecular flexibility index (Phi) is 1.69. The molecule has 0 radical (unpaired) electrons. The number of hydrogen-bond acceptors (Lipinski definition) is 2. The molecule has 2 rings (SSSR count). The molecule has 13 heavy (non-hydrogen) atoms. The van der Waals surface area contributed by atoms with Gasteiger partial charge in [0.25, 0.3) is 5.91 Å². The largest absolute Gasteiger partial charge is 0.273 e. The molecule has 2 N–H and O–H groups in total. The second kappa shape index (κ2) is 2.73. The van der Waals surface area contributed by atoms with Gasteiger partial charge in [-0.3, -0.25) is 20.4 Å². The summed E-state index contributed by atoms with van der Waals surface area (Å²) in [6.07, 6.45) is 5.43. The minimum atomic E-state index is -0.321. The van der Waals surface area contributed by atoms with Gasteiger partial charge < -0.3 is 0 Å². The Morgan fingerprint density at radius 1 is 1.31 bits per heavy atom. The molecule has 0 aromatic rings. The fraction of sp³-hybridized carbons (Fsp3) is 0.333. The predicted octanol–water partition coefficient (Wildman–Crippen LogP) is -0.104. The normalized spacial score (nSPS) is 31.6. The van der Waals surface area contributed by atoms with Crippen LogP contribution in [0.4, 0.5) is 0 Å². The summed E-state index contributed by atoms with van der Waals surface area (Å²) in [5.74, 6) is -0.576. The van der Waals surface area contributed by atoms with Crippen molar-refractivity contribution in [3.05, 3.63) is 23.8 Å². The number of carbonyl (C=O) groups excluding carboxylic acids is 2. The van der Waals surface area contributed by atoms with Crippen LogP contribution in [0, 0.1) is 11.8 Å². The number of carbonyl (C=O) groups is 2. The van der Waals surface area contributed by atoms with Crippen molar-refractivity contribution in [2.24, 2.45) is 11.8 Å². The average molecular weight is 178 g/mol. The zero-order valence-corrected chi connectivity index (χ0v) is 7.20. The Labute approximate surface area is 75.7 Å². The van der Waals surface area contributed by atoms with Gasteiger partial charge in [-0.25, -0.2) is 0 Å². The predicted molar refractivity (Wildman–Crippen MR) is 46.2 cm³/mol. The number of fused-ring (bicyclic) bond motifs is 1. The first-order chi connectivity index (χ1) is 6.20. The highest BCUT2D eigenvalue weighted by Gasteiger charge is 2.36. The van der Waals surface area contributed by atoms with Crippen molar-refractivity contribution in [3.63, 3.8) is 0 Å². The summed E-state index contributed by atoms with van der Waals surface area (Å²) < 4.78 is 0. The molecular weight excluding hydrogens is 168 g/mol. The van der Waals surface area contributed by atoms with Gasteiger partial charge in [-0.2, -0.15) is 0 Å². The topological polar surface area (TPSA) is 58.2 Å². The van der Waals surface area contributed by atoms with Crippen LogP contribution in [0.5, 0.6) is 0 Å². The third kappa shape index (κ3) is 1.14. The summed E-state index contributed by atoms with van der Waals surface area (Å²) in [6, 6.07) is 0. The highest BCUT2D eigenvalue weighted by atomic mass is 16.2. The van der Waals surface area contributed by atoms with Crippen LogP contribution >= 0.6 is 0 Å². The third-order valence-corrected chi connectivity index (χ3v) is 2.40. The van der Waals surface area contributed by atoms with Crippen molar-refractivity contribution >= 4 is 11.8 Å². The van der Waals surface area contributed by atoms with Crippen molar-refractivity contribution in [2.75, 3.05) is 0 Å². The van der Waals surface area contributed by atoms with Gasteiger partial charge in [0.05, 0.1) is 5.92 Å². The molecule has 4 heteroatoms. The maximum atomic E-state index is 11.4. The minimum absolute atomic E-state index is 0.0889. The molecule has 0 spiro atoms. The maximum Gasteiger partial charge on any atom is 0.266 e. The second-order valence-electron chi connectivity index (χ2n) is 3.29. The Hall–Kier alpha value is -1.58. The van der Waals surface area contributed by atoms with E-state index in [1.54, 1.807) is 6.08 Å². The lowest BCUT2D eigenvalue weighted by Gasteiger charge is -2.29. The van der Waals surface area contributed by atoms with Gasteiger partial charge in [0.2, 0.25) is 5.91 Å². The number of rotatable bonds is 0. The minimum Gasteiger partial charge on any atom is -0.273 e. The molecule has 1 heterocycles. The number of amides is 2. The van der Waals surface area contributed by atoms with E-state index >= 15 is 0 Å². The molecule has 2 unspecified atom stereocenters. The number of nitrogens with one attached hydrogen (secondary N) is 2. The lowest BCUT2D eigenvalue weighted by Crippen LogP contribution is -2.54. The lowest BCUT2D eigenvalue weighted by molar-refractivity contribution is -0.134. The maximum absolute atomic E-state index is 11.4. The van der Waals surface area contributed by atoms with E-state index in [2.05, 4.69) is 10.9 Å². The molecule has 1 aliphatic carbocycles. The summed E-state index contributed by atoms with van der Waals surface area (Å²) in [6.45, 7) is 1.92. The highest BCUT2D eigenvalue weighted by Crippen LogP contribution is 2.27. The quantitative estimate of drug-likeness (QED) is 0.544. The van der Waals surface area contributed by atoms with E-state index in [0.29, 0.717) is 5.57 Å². The van der Waals surface area contributed by atoms with Crippen molar-refractivity contribution in [2.45, 2.75) is 6.92 Å². The van der Waals surface area contributed by atoms with Crippen LogP contribution in [0.2, 0.25) is 0 Å². The number of allylic oxidation sites excluding steroid dienone is 3. The van der Waals surface area contributed by atoms with E-state index in [1.165, 1.54) is 0 Å². The second-order valence-corrected chi connectivity index (χ2v) is 3.29. The zero-order valence-electron chi connectivity index (χ0n) is 7.20. The summed E-state index contributed by atoms with van der Waals surface area (Å²) >= 11 is 0. The monoisotopic (exact) mass is 178 g/mol. The molecule has 0 aromatic carbocycles. The lowest BCUT2D eigenvalue weighted by atomic mass is 9.81. The van der Waals surface area contributed by atoms with Crippen LogP contribution < -0.4 is 10.9 Å². The Morgan fingerprint density at radius 2 is 2.08 bits per heavy atom. The fourth-order valence-electron chi connectivity index (χ4n) is 1.70. The van der Waals surface area contributed by atoms with Crippen LogP contribution in [-0.4, -0.2) is 11.8 Å². The molecular formula is C9H10N2O2. The molecule has 0 bridgehead atoms. The SMILES string of the molecule is CC1C=CC=C2C(=O)NNC(=O)C21. The molecule has 68 valence electrons. The average Bonchev–Trinajstić information content (AvgIpc) is 2.12.